The van der Waals surface area contributed by atoms with Gasteiger partial charge < -0.3 is 5.11 Å². The van der Waals surface area contributed by atoms with Crippen molar-refractivity contribution >= 4 is 74.3 Å². The van der Waals surface area contributed by atoms with Crippen LogP contribution in [0.4, 0.5) is 24.7 Å². The van der Waals surface area contributed by atoms with E-state index in [2.05, 4.69) is 26.3 Å². The van der Waals surface area contributed by atoms with E-state index in [1.165, 1.54) is 11.0 Å². The Balaban J connectivity index is 1.32. The van der Waals surface area contributed by atoms with Gasteiger partial charge in [-0.2, -0.15) is 18.2 Å². The highest BCUT2D eigenvalue weighted by atomic mass is 79.9. The van der Waals surface area contributed by atoms with Crippen LogP contribution in [0, 0.1) is 23.7 Å². The summed E-state index contributed by atoms with van der Waals surface area (Å²) in [6.07, 6.45) is -2.28. The van der Waals surface area contributed by atoms with E-state index in [-0.39, 0.29) is 35.9 Å². The monoisotopic (exact) mass is 824 g/mol. The van der Waals surface area contributed by atoms with Gasteiger partial charge in [-0.3, -0.25) is 29.5 Å². The number of nitrogens with zero attached hydrogens (tertiary/aromatic N) is 3. The van der Waals surface area contributed by atoms with Crippen LogP contribution >= 0.6 is 39.1 Å². The van der Waals surface area contributed by atoms with E-state index >= 15 is 4.79 Å². The van der Waals surface area contributed by atoms with Gasteiger partial charge in [0.1, 0.15) is 5.75 Å². The number of hydrogen-bond donors (Lipinski definition) is 2. The van der Waals surface area contributed by atoms with Crippen LogP contribution in [0.5, 0.6) is 5.75 Å². The summed E-state index contributed by atoms with van der Waals surface area (Å²) in [6.45, 7) is 0. The zero-order valence-corrected chi connectivity index (χ0v) is 30.2. The number of rotatable bonds is 5. The number of phenolic OH excluding ortho intramolecular Hbond substituents is 1. The second-order valence-corrected chi connectivity index (χ2v) is 15.2. The molecule has 0 unspecified atom stereocenters. The van der Waals surface area contributed by atoms with Crippen LogP contribution in [0.3, 0.4) is 0 Å². The number of nitrogens with one attached hydrogen (secondary N) is 1. The van der Waals surface area contributed by atoms with Crippen LogP contribution in [0.15, 0.2) is 101 Å². The molecule has 3 aromatic carbocycles. The lowest BCUT2D eigenvalue weighted by Crippen LogP contribution is -2.53. The molecule has 1 saturated carbocycles. The fourth-order valence-corrected chi connectivity index (χ4v) is 9.43. The first kappa shape index (κ1) is 35.3. The highest BCUT2D eigenvalue weighted by Crippen LogP contribution is 2.65. The van der Waals surface area contributed by atoms with Gasteiger partial charge in [0, 0.05) is 27.2 Å². The minimum Gasteiger partial charge on any atom is -0.508 e. The van der Waals surface area contributed by atoms with E-state index in [9.17, 15) is 32.7 Å². The highest BCUT2D eigenvalue weighted by molar-refractivity contribution is 9.10. The van der Waals surface area contributed by atoms with Crippen molar-refractivity contribution < 1.29 is 37.5 Å². The lowest BCUT2D eigenvalue weighted by atomic mass is 9.49. The van der Waals surface area contributed by atoms with Crippen molar-refractivity contribution in [1.82, 2.24) is 9.99 Å². The van der Waals surface area contributed by atoms with Gasteiger partial charge in [0.15, 0.2) is 5.82 Å². The summed E-state index contributed by atoms with van der Waals surface area (Å²) in [5, 5.41) is 12.1. The predicted octanol–water partition coefficient (Wildman–Crippen LogP) is 8.06. The number of pyridine rings is 1. The van der Waals surface area contributed by atoms with Crippen molar-refractivity contribution in [3.63, 3.8) is 0 Å². The van der Waals surface area contributed by atoms with Gasteiger partial charge in [-0.25, -0.2) is 4.98 Å². The Morgan fingerprint density at radius 1 is 0.906 bits per heavy atom. The number of amides is 4. The third-order valence-corrected chi connectivity index (χ3v) is 11.9. The fraction of sp³-hybridized carbons (Fsp3) is 0.237. The minimum absolute atomic E-state index is 0.0561. The molecule has 4 aromatic rings. The number of phenols is 1. The molecule has 2 N–H and O–H groups in total. The van der Waals surface area contributed by atoms with Crippen LogP contribution < -0.4 is 10.3 Å². The van der Waals surface area contributed by atoms with Crippen molar-refractivity contribution in [2.45, 2.75) is 30.4 Å². The first-order valence-corrected chi connectivity index (χ1v) is 18.0. The van der Waals surface area contributed by atoms with Gasteiger partial charge in [0.05, 0.1) is 39.4 Å². The van der Waals surface area contributed by atoms with Gasteiger partial charge in [-0.15, -0.1) is 0 Å². The van der Waals surface area contributed by atoms with Gasteiger partial charge in [0.25, 0.3) is 11.8 Å². The molecule has 9 nitrogen and oxygen atoms in total. The number of anilines is 2. The molecular weight excluding hydrogens is 800 g/mol. The number of aromatic hydroxyl groups is 1. The Morgan fingerprint density at radius 2 is 1.62 bits per heavy atom. The van der Waals surface area contributed by atoms with E-state index in [1.807, 2.05) is 6.08 Å². The Labute approximate surface area is 318 Å². The molecule has 4 amide bonds. The number of carbonyl (C=O) groups is 4. The number of aromatic nitrogens is 1. The number of hydrogen-bond acceptors (Lipinski definition) is 7. The summed E-state index contributed by atoms with van der Waals surface area (Å²) in [7, 11) is 0. The Bertz CT molecular complexity index is 2260. The third-order valence-electron chi connectivity index (χ3n) is 10.9. The maximum atomic E-state index is 15.2. The second-order valence-electron chi connectivity index (χ2n) is 13.5. The quantitative estimate of drug-likeness (QED) is 0.154. The summed E-state index contributed by atoms with van der Waals surface area (Å²) in [5.74, 6) is -7.58. The standard InChI is InChI=1S/C38H26BrCl2F3N4O5/c39-20-8-13-29(49)26(15-20)31-23-11-12-24-30(35(52)47(33(24)50)22-4-2-1-3-5-22)25(23)16-27-34(51)48(36(53)37(27,31)18-6-9-21(40)10-7-18)46-32-28(41)14-19(17-45-32)38(42,43)44/h1-11,13-15,17,24-25,27,30-31,49H,12,16H2,(H,45,46)/t24-,25+,27-,30-,31+,37+/m0/s1. The number of halogens is 6. The number of carbonyl (C=O) groups excluding carboxylic acids is 4. The fourth-order valence-electron chi connectivity index (χ4n) is 8.72. The number of imide groups is 2. The smallest absolute Gasteiger partial charge is 0.417 e. The van der Waals surface area contributed by atoms with Crippen LogP contribution in [0.2, 0.25) is 10.0 Å². The topological polar surface area (TPSA) is 120 Å². The minimum atomic E-state index is -4.75. The molecule has 1 aromatic heterocycles. The molecule has 2 aliphatic carbocycles. The van der Waals surface area contributed by atoms with Crippen molar-refractivity contribution in [3.05, 3.63) is 128 Å². The first-order valence-electron chi connectivity index (χ1n) is 16.5. The molecule has 2 aliphatic heterocycles. The molecule has 4 aliphatic rings. The van der Waals surface area contributed by atoms with Crippen LogP contribution in [-0.4, -0.2) is 38.7 Å². The van der Waals surface area contributed by atoms with Gasteiger partial charge in [-0.05, 0) is 72.9 Å². The number of benzene rings is 3. The van der Waals surface area contributed by atoms with E-state index in [0.717, 1.165) is 0 Å². The number of para-hydroxylation sites is 1. The first-order chi connectivity index (χ1) is 25.2. The summed E-state index contributed by atoms with van der Waals surface area (Å²) < 4.78 is 40.9. The predicted molar refractivity (Wildman–Crippen MR) is 192 cm³/mol. The Hall–Kier alpha value is -4.72. The number of hydrazine groups is 1. The molecule has 3 fully saturated rings. The van der Waals surface area contributed by atoms with E-state index in [0.29, 0.717) is 43.6 Å². The second kappa shape index (κ2) is 12.7. The van der Waals surface area contributed by atoms with Crippen molar-refractivity contribution in [2.75, 3.05) is 10.3 Å². The molecule has 3 heterocycles. The van der Waals surface area contributed by atoms with Gasteiger partial charge >= 0.3 is 6.18 Å². The van der Waals surface area contributed by atoms with Crippen molar-refractivity contribution in [2.24, 2.45) is 23.7 Å². The maximum Gasteiger partial charge on any atom is 0.417 e. The number of alkyl halides is 3. The summed E-state index contributed by atoms with van der Waals surface area (Å²) in [6, 6.07) is 20.2. The average molecular weight is 826 g/mol. The Kier molecular flexibility index (Phi) is 8.47. The van der Waals surface area contributed by atoms with Crippen molar-refractivity contribution in [1.29, 1.82) is 0 Å². The zero-order chi connectivity index (χ0) is 37.6. The zero-order valence-electron chi connectivity index (χ0n) is 27.2. The summed E-state index contributed by atoms with van der Waals surface area (Å²) in [5.41, 5.74) is 1.33. The number of allylic oxidation sites excluding steroid dienone is 2. The van der Waals surface area contributed by atoms with Crippen LogP contribution in [-0.2, 0) is 30.8 Å². The molecular formula is C38H26BrCl2F3N4O5. The lowest BCUT2D eigenvalue weighted by Gasteiger charge is -2.50. The maximum absolute atomic E-state index is 15.2. The SMILES string of the molecule is O=C1[C@@H]2C[C@@H]3C(=CC[C@@H]4C(=O)N(c5ccccc5)C(=O)[C@@H]43)[C@H](c3cc(Br)ccc3O)[C@]2(c2ccc(Cl)cc2)C(=O)N1Nc1ncc(C(F)(F)F)cc1Cl. The molecule has 0 spiro atoms. The molecule has 0 bridgehead atoms. The summed E-state index contributed by atoms with van der Waals surface area (Å²) >= 11 is 16.0. The van der Waals surface area contributed by atoms with Crippen LogP contribution in [0.1, 0.15) is 35.4 Å². The summed E-state index contributed by atoms with van der Waals surface area (Å²) in [4.78, 5) is 63.3. The van der Waals surface area contributed by atoms with E-state index in [4.69, 9.17) is 23.2 Å². The molecule has 15 heteroatoms. The van der Waals surface area contributed by atoms with Gasteiger partial charge in [0.2, 0.25) is 11.8 Å². The molecule has 53 heavy (non-hydrogen) atoms. The molecule has 2 saturated heterocycles. The Morgan fingerprint density at radius 3 is 2.30 bits per heavy atom. The van der Waals surface area contributed by atoms with Crippen molar-refractivity contribution in [3.8, 4) is 5.75 Å². The molecule has 8 rings (SSSR count). The number of fused-ring (bicyclic) bond motifs is 4. The van der Waals surface area contributed by atoms with E-state index < -0.39 is 69.5 Å². The molecule has 0 radical (unpaired) electrons. The third kappa shape index (κ3) is 5.38. The van der Waals surface area contributed by atoms with Crippen LogP contribution in [0.25, 0.3) is 0 Å². The highest BCUT2D eigenvalue weighted by Gasteiger charge is 2.70. The lowest BCUT2D eigenvalue weighted by molar-refractivity contribution is -0.139. The van der Waals surface area contributed by atoms with Gasteiger partial charge in [-0.1, -0.05) is 81.1 Å². The largest absolute Gasteiger partial charge is 0.508 e. The molecule has 270 valence electrons. The normalized spacial score (nSPS) is 26.7. The van der Waals surface area contributed by atoms with E-state index in [1.54, 1.807) is 66.7 Å². The molecule has 6 atom stereocenters. The average Bonchev–Trinajstić information content (AvgIpc) is 3.51.